The smallest absolute Gasteiger partial charge is 0.244 e. The Balaban J connectivity index is 2.28. The summed E-state index contributed by atoms with van der Waals surface area (Å²) in [5, 5.41) is 0.682. The Labute approximate surface area is 107 Å². The Hall–Kier alpha value is -0.710. The van der Waals surface area contributed by atoms with Crippen molar-refractivity contribution in [2.24, 2.45) is 4.99 Å². The lowest BCUT2D eigenvalue weighted by atomic mass is 10.2. The fraction of sp³-hybridized carbons (Fsp3) is 0.0909. The number of halogens is 1. The second-order valence-electron chi connectivity index (χ2n) is 3.05. The van der Waals surface area contributed by atoms with Gasteiger partial charge in [0.1, 0.15) is 10.1 Å². The van der Waals surface area contributed by atoms with E-state index in [2.05, 4.69) is 4.99 Å². The third-order valence-corrected chi connectivity index (χ3v) is 4.05. The third kappa shape index (κ3) is 2.70. The molecule has 1 aromatic carbocycles. The maximum absolute atomic E-state index is 11.6. The average Bonchev–Trinajstić information content (AvgIpc) is 2.63. The van der Waals surface area contributed by atoms with Crippen LogP contribution in [-0.4, -0.2) is 15.7 Å². The fourth-order valence-corrected chi connectivity index (χ4v) is 2.58. The first-order chi connectivity index (χ1) is 7.69. The predicted octanol–water partition coefficient (Wildman–Crippen LogP) is 3.67. The highest BCUT2D eigenvalue weighted by Crippen LogP contribution is 2.29. The summed E-state index contributed by atoms with van der Waals surface area (Å²) in [6.45, 7) is 0. The van der Waals surface area contributed by atoms with Crippen molar-refractivity contribution in [3.05, 3.63) is 40.5 Å². The highest BCUT2D eigenvalue weighted by molar-refractivity contribution is 8.45. The molecule has 16 heavy (non-hydrogen) atoms. The summed E-state index contributed by atoms with van der Waals surface area (Å²) < 4.78 is 0.796. The first kappa shape index (κ1) is 11.8. The highest BCUT2D eigenvalue weighted by atomic mass is 35.5. The van der Waals surface area contributed by atoms with Crippen molar-refractivity contribution in [2.75, 3.05) is 6.26 Å². The van der Waals surface area contributed by atoms with Crippen molar-refractivity contribution >= 4 is 50.7 Å². The number of hydrogen-bond acceptors (Lipinski definition) is 4. The average molecular weight is 270 g/mol. The van der Waals surface area contributed by atoms with Gasteiger partial charge in [-0.15, -0.1) is 11.8 Å². The Morgan fingerprint density at radius 2 is 2.06 bits per heavy atom. The zero-order valence-corrected chi connectivity index (χ0v) is 10.8. The van der Waals surface area contributed by atoms with E-state index in [1.807, 2.05) is 18.4 Å². The number of nitrogens with zero attached hydrogens (tertiary/aromatic N) is 1. The van der Waals surface area contributed by atoms with Crippen molar-refractivity contribution in [2.45, 2.75) is 0 Å². The molecule has 0 N–H and O–H groups in total. The van der Waals surface area contributed by atoms with Gasteiger partial charge in [0.15, 0.2) is 0 Å². The van der Waals surface area contributed by atoms with Crippen molar-refractivity contribution in [3.63, 3.8) is 0 Å². The molecule has 82 valence electrons. The highest BCUT2D eigenvalue weighted by Gasteiger charge is 2.21. The van der Waals surface area contributed by atoms with E-state index in [0.717, 1.165) is 9.94 Å². The normalized spacial score (nSPS) is 18.0. The number of aliphatic imine (C=N–C) groups is 1. The van der Waals surface area contributed by atoms with Crippen molar-refractivity contribution < 1.29 is 4.79 Å². The van der Waals surface area contributed by atoms with E-state index < -0.39 is 0 Å². The largest absolute Gasteiger partial charge is 0.279 e. The van der Waals surface area contributed by atoms with Gasteiger partial charge in [-0.3, -0.25) is 4.79 Å². The van der Waals surface area contributed by atoms with Crippen LogP contribution in [0.1, 0.15) is 5.56 Å². The lowest BCUT2D eigenvalue weighted by Gasteiger charge is -1.94. The molecule has 1 aromatic rings. The van der Waals surface area contributed by atoms with Gasteiger partial charge >= 0.3 is 0 Å². The van der Waals surface area contributed by atoms with Crippen molar-refractivity contribution in [1.29, 1.82) is 0 Å². The molecular weight excluding hydrogens is 262 g/mol. The van der Waals surface area contributed by atoms with E-state index in [4.69, 9.17) is 11.6 Å². The van der Waals surface area contributed by atoms with Crippen LogP contribution in [0.25, 0.3) is 6.08 Å². The summed E-state index contributed by atoms with van der Waals surface area (Å²) in [7, 11) is 0. The van der Waals surface area contributed by atoms with Crippen molar-refractivity contribution in [3.8, 4) is 0 Å². The predicted molar refractivity (Wildman–Crippen MR) is 73.0 cm³/mol. The quantitative estimate of drug-likeness (QED) is 0.729. The van der Waals surface area contributed by atoms with Gasteiger partial charge in [0.05, 0.1) is 0 Å². The molecule has 0 unspecified atom stereocenters. The summed E-state index contributed by atoms with van der Waals surface area (Å²) in [6.07, 6.45) is 3.68. The Kier molecular flexibility index (Phi) is 3.74. The van der Waals surface area contributed by atoms with Gasteiger partial charge in [0.25, 0.3) is 0 Å². The van der Waals surface area contributed by atoms with Gasteiger partial charge in [-0.05, 0) is 41.8 Å². The molecule has 0 aliphatic carbocycles. The molecule has 2 rings (SSSR count). The van der Waals surface area contributed by atoms with Crippen LogP contribution in [0, 0.1) is 0 Å². The van der Waals surface area contributed by atoms with Gasteiger partial charge in [-0.1, -0.05) is 23.7 Å². The molecule has 0 radical (unpaired) electrons. The molecule has 1 heterocycles. The number of rotatable bonds is 1. The first-order valence-electron chi connectivity index (χ1n) is 4.51. The second kappa shape index (κ2) is 5.08. The second-order valence-corrected chi connectivity index (χ2v) is 5.50. The summed E-state index contributed by atoms with van der Waals surface area (Å²) >= 11 is 8.44. The maximum atomic E-state index is 11.6. The number of thioether (sulfide) groups is 2. The summed E-state index contributed by atoms with van der Waals surface area (Å²) in [4.78, 5) is 15.8. The van der Waals surface area contributed by atoms with Gasteiger partial charge in [0.2, 0.25) is 5.12 Å². The molecule has 1 aliphatic heterocycles. The molecule has 0 bridgehead atoms. The minimum Gasteiger partial charge on any atom is -0.279 e. The van der Waals surface area contributed by atoms with Crippen LogP contribution >= 0.6 is 35.1 Å². The minimum absolute atomic E-state index is 0.000648. The number of carbonyl (C=O) groups is 1. The zero-order chi connectivity index (χ0) is 11.5. The lowest BCUT2D eigenvalue weighted by molar-refractivity contribution is -0.107. The Bertz CT molecular complexity index is 479. The Morgan fingerprint density at radius 3 is 2.62 bits per heavy atom. The summed E-state index contributed by atoms with van der Waals surface area (Å²) in [6, 6.07) is 7.30. The molecule has 0 amide bonds. The fourth-order valence-electron chi connectivity index (χ4n) is 1.19. The summed E-state index contributed by atoms with van der Waals surface area (Å²) in [5.74, 6) is 0. The van der Waals surface area contributed by atoms with Crippen molar-refractivity contribution in [1.82, 2.24) is 0 Å². The number of carbonyl (C=O) groups excluding carboxylic acids is 1. The molecule has 0 atom stereocenters. The molecule has 0 aromatic heterocycles. The van der Waals surface area contributed by atoms with Gasteiger partial charge in [0, 0.05) is 5.02 Å². The minimum atomic E-state index is -0.000648. The van der Waals surface area contributed by atoms with Crippen LogP contribution in [0.4, 0.5) is 0 Å². The van der Waals surface area contributed by atoms with E-state index in [9.17, 15) is 4.79 Å². The molecule has 0 fully saturated rings. The van der Waals surface area contributed by atoms with E-state index in [-0.39, 0.29) is 5.12 Å². The monoisotopic (exact) mass is 269 g/mol. The number of benzene rings is 1. The van der Waals surface area contributed by atoms with E-state index >= 15 is 0 Å². The van der Waals surface area contributed by atoms with Crippen LogP contribution < -0.4 is 0 Å². The van der Waals surface area contributed by atoms with Crippen LogP contribution in [0.3, 0.4) is 0 Å². The summed E-state index contributed by atoms with van der Waals surface area (Å²) in [5.41, 5.74) is 1.43. The number of hydrogen-bond donors (Lipinski definition) is 0. The van der Waals surface area contributed by atoms with Gasteiger partial charge in [-0.2, -0.15) is 0 Å². The van der Waals surface area contributed by atoms with Gasteiger partial charge in [-0.25, -0.2) is 4.99 Å². The molecule has 1 aliphatic rings. The first-order valence-corrected chi connectivity index (χ1v) is 6.93. The molecule has 5 heteroatoms. The van der Waals surface area contributed by atoms with Crippen LogP contribution in [-0.2, 0) is 4.79 Å². The maximum Gasteiger partial charge on any atom is 0.244 e. The topological polar surface area (TPSA) is 29.4 Å². The Morgan fingerprint density at radius 1 is 1.38 bits per heavy atom. The van der Waals surface area contributed by atoms with E-state index in [1.165, 1.54) is 23.5 Å². The molecule has 0 spiro atoms. The van der Waals surface area contributed by atoms with Crippen LogP contribution in [0.2, 0.25) is 5.02 Å². The molecular formula is C11H8ClNOS2. The molecule has 0 saturated heterocycles. The SMILES string of the molecule is CSC1=NC(=Cc2ccc(Cl)cc2)C(=O)S1. The standard InChI is InChI=1S/C11H8ClNOS2/c1-15-11-13-9(10(14)16-11)6-7-2-4-8(12)5-3-7/h2-6H,1H3. The van der Waals surface area contributed by atoms with E-state index in [0.29, 0.717) is 10.7 Å². The third-order valence-electron chi connectivity index (χ3n) is 1.95. The van der Waals surface area contributed by atoms with Gasteiger partial charge < -0.3 is 0 Å². The molecule has 0 saturated carbocycles. The molecule has 2 nitrogen and oxygen atoms in total. The van der Waals surface area contributed by atoms with Crippen LogP contribution in [0.5, 0.6) is 0 Å². The van der Waals surface area contributed by atoms with Crippen LogP contribution in [0.15, 0.2) is 35.0 Å². The lowest BCUT2D eigenvalue weighted by Crippen LogP contribution is -1.87. The van der Waals surface area contributed by atoms with E-state index in [1.54, 1.807) is 18.2 Å². The zero-order valence-electron chi connectivity index (χ0n) is 8.44.